The molecule has 1 N–H and O–H groups in total. The molecule has 0 aliphatic heterocycles. The zero-order valence-corrected chi connectivity index (χ0v) is 14.2. The van der Waals surface area contributed by atoms with E-state index < -0.39 is 30.8 Å². The van der Waals surface area contributed by atoms with E-state index in [4.69, 9.17) is 10.7 Å². The molecular weight excluding hydrogens is 346 g/mol. The van der Waals surface area contributed by atoms with Crippen LogP contribution in [0.1, 0.15) is 21.5 Å². The predicted molar refractivity (Wildman–Crippen MR) is 78.7 cm³/mol. The van der Waals surface area contributed by atoms with Gasteiger partial charge in [-0.15, -0.1) is 11.3 Å². The average Bonchev–Trinajstić information content (AvgIpc) is 2.56. The van der Waals surface area contributed by atoms with Gasteiger partial charge in [0.15, 0.2) is 0 Å². The summed E-state index contributed by atoms with van der Waals surface area (Å²) in [5.41, 5.74) is 0. The van der Waals surface area contributed by atoms with Crippen molar-refractivity contribution in [3.63, 3.8) is 0 Å². The highest BCUT2D eigenvalue weighted by Crippen LogP contribution is 2.28. The molecule has 0 spiro atoms. The van der Waals surface area contributed by atoms with Gasteiger partial charge in [0, 0.05) is 27.9 Å². The topological polar surface area (TPSA) is 97.4 Å². The first-order valence-corrected chi connectivity index (χ1v) is 10.6. The molecule has 1 amide bonds. The summed E-state index contributed by atoms with van der Waals surface area (Å²) in [5.74, 6) is -0.718. The van der Waals surface area contributed by atoms with Gasteiger partial charge in [0.05, 0.1) is 15.5 Å². The summed E-state index contributed by atoms with van der Waals surface area (Å²) in [7, 11) is -1.86. The highest BCUT2D eigenvalue weighted by Gasteiger charge is 2.21. The van der Waals surface area contributed by atoms with Gasteiger partial charge in [0.25, 0.3) is 15.0 Å². The Kier molecular flexibility index (Phi) is 5.23. The highest BCUT2D eigenvalue weighted by molar-refractivity contribution is 8.13. The number of aryl methyl sites for hydroxylation is 1. The van der Waals surface area contributed by atoms with Gasteiger partial charge in [0.2, 0.25) is 0 Å². The molecule has 0 aromatic carbocycles. The average molecular weight is 360 g/mol. The van der Waals surface area contributed by atoms with Gasteiger partial charge in [-0.25, -0.2) is 16.8 Å². The second-order valence-corrected chi connectivity index (χ2v) is 10.4. The van der Waals surface area contributed by atoms with Crippen LogP contribution in [0.4, 0.5) is 0 Å². The summed E-state index contributed by atoms with van der Waals surface area (Å²) < 4.78 is 44.7. The molecule has 0 fully saturated rings. The van der Waals surface area contributed by atoms with Crippen molar-refractivity contribution in [2.24, 2.45) is 0 Å². The van der Waals surface area contributed by atoms with E-state index in [2.05, 4.69) is 5.32 Å². The largest absolute Gasteiger partial charge is 0.348 e. The van der Waals surface area contributed by atoms with E-state index in [1.54, 1.807) is 6.92 Å². The first-order valence-electron chi connectivity index (χ1n) is 5.44. The minimum atomic E-state index is -3.90. The zero-order valence-electron chi connectivity index (χ0n) is 11.0. The minimum Gasteiger partial charge on any atom is -0.348 e. The van der Waals surface area contributed by atoms with Crippen molar-refractivity contribution in [3.05, 3.63) is 15.8 Å². The molecule has 0 saturated carbocycles. The lowest BCUT2D eigenvalue weighted by atomic mass is 10.3. The number of carbonyl (C=O) groups excluding carboxylic acids is 1. The Morgan fingerprint density at radius 3 is 2.35 bits per heavy atom. The fourth-order valence-electron chi connectivity index (χ4n) is 1.61. The van der Waals surface area contributed by atoms with E-state index in [1.165, 1.54) is 13.0 Å². The van der Waals surface area contributed by atoms with Crippen LogP contribution >= 0.6 is 22.0 Å². The molecule has 20 heavy (non-hydrogen) atoms. The van der Waals surface area contributed by atoms with E-state index in [-0.39, 0.29) is 15.5 Å². The summed E-state index contributed by atoms with van der Waals surface area (Å²) in [6.07, 6.45) is 1.07. The SMILES string of the molecule is Cc1sc(C(=O)NC(C)CS(C)(=O)=O)cc1S(=O)(=O)Cl. The number of carbonyl (C=O) groups is 1. The number of sulfone groups is 1. The lowest BCUT2D eigenvalue weighted by molar-refractivity contribution is 0.0947. The molecular formula is C10H14ClNO5S3. The summed E-state index contributed by atoms with van der Waals surface area (Å²) >= 11 is 0.984. The smallest absolute Gasteiger partial charge is 0.262 e. The predicted octanol–water partition coefficient (Wildman–Crippen LogP) is 1.15. The maximum atomic E-state index is 11.9. The molecule has 0 bridgehead atoms. The van der Waals surface area contributed by atoms with Crippen LogP contribution in [0, 0.1) is 6.92 Å². The fraction of sp³-hybridized carbons (Fsp3) is 0.500. The second kappa shape index (κ2) is 6.00. The Morgan fingerprint density at radius 2 is 1.95 bits per heavy atom. The van der Waals surface area contributed by atoms with E-state index in [0.29, 0.717) is 4.88 Å². The van der Waals surface area contributed by atoms with Crippen LogP contribution in [-0.2, 0) is 18.9 Å². The Balaban J connectivity index is 2.90. The third-order valence-corrected chi connectivity index (χ3v) is 6.02. The first-order chi connectivity index (χ1) is 8.90. The second-order valence-electron chi connectivity index (χ2n) is 4.44. The van der Waals surface area contributed by atoms with Crippen LogP contribution in [0.2, 0.25) is 0 Å². The highest BCUT2D eigenvalue weighted by atomic mass is 35.7. The van der Waals surface area contributed by atoms with Crippen LogP contribution in [0.15, 0.2) is 11.0 Å². The summed E-state index contributed by atoms with van der Waals surface area (Å²) in [6, 6.07) is 0.612. The van der Waals surface area contributed by atoms with Crippen molar-refractivity contribution in [2.45, 2.75) is 24.8 Å². The van der Waals surface area contributed by atoms with Crippen molar-refractivity contribution in [2.75, 3.05) is 12.0 Å². The normalized spacial score (nSPS) is 14.0. The number of thiophene rings is 1. The van der Waals surface area contributed by atoms with E-state index in [0.717, 1.165) is 17.6 Å². The van der Waals surface area contributed by atoms with Crippen LogP contribution in [-0.4, -0.2) is 40.8 Å². The fourth-order valence-corrected chi connectivity index (χ4v) is 5.17. The Hall–Kier alpha value is -0.640. The van der Waals surface area contributed by atoms with Gasteiger partial charge >= 0.3 is 0 Å². The molecule has 1 aromatic heterocycles. The van der Waals surface area contributed by atoms with Crippen LogP contribution in [0.3, 0.4) is 0 Å². The van der Waals surface area contributed by atoms with Crippen molar-refractivity contribution >= 4 is 46.8 Å². The quantitative estimate of drug-likeness (QED) is 0.795. The molecule has 1 rings (SSSR count). The van der Waals surface area contributed by atoms with E-state index in [9.17, 15) is 21.6 Å². The lowest BCUT2D eigenvalue weighted by Crippen LogP contribution is -2.36. The number of hydrogen-bond acceptors (Lipinski definition) is 6. The molecule has 0 aliphatic rings. The van der Waals surface area contributed by atoms with Gasteiger partial charge in [-0.3, -0.25) is 4.79 Å². The standard InChI is InChI=1S/C10H14ClNO5S3/c1-6(5-19(3,14)15)12-10(13)8-4-9(7(2)18-8)20(11,16)17/h4,6H,5H2,1-3H3,(H,12,13). The monoisotopic (exact) mass is 359 g/mol. The summed E-state index contributed by atoms with van der Waals surface area (Å²) in [4.78, 5) is 12.4. The molecule has 1 aromatic rings. The number of hydrogen-bond donors (Lipinski definition) is 1. The maximum absolute atomic E-state index is 11.9. The van der Waals surface area contributed by atoms with Crippen LogP contribution < -0.4 is 5.32 Å². The molecule has 1 heterocycles. The van der Waals surface area contributed by atoms with Gasteiger partial charge in [-0.1, -0.05) is 0 Å². The van der Waals surface area contributed by atoms with Crippen molar-refractivity contribution < 1.29 is 21.6 Å². The third-order valence-electron chi connectivity index (χ3n) is 2.29. The number of rotatable bonds is 5. The molecule has 0 saturated heterocycles. The first kappa shape index (κ1) is 17.4. The van der Waals surface area contributed by atoms with E-state index >= 15 is 0 Å². The zero-order chi connectivity index (χ0) is 15.7. The number of amides is 1. The van der Waals surface area contributed by atoms with Gasteiger partial charge < -0.3 is 5.32 Å². The van der Waals surface area contributed by atoms with Gasteiger partial charge in [0.1, 0.15) is 9.84 Å². The number of nitrogens with one attached hydrogen (secondary N) is 1. The van der Waals surface area contributed by atoms with Crippen LogP contribution in [0.5, 0.6) is 0 Å². The molecule has 6 nitrogen and oxygen atoms in total. The van der Waals surface area contributed by atoms with E-state index in [1.807, 2.05) is 0 Å². The Bertz CT molecular complexity index is 720. The van der Waals surface area contributed by atoms with Crippen molar-refractivity contribution in [1.82, 2.24) is 5.32 Å². The van der Waals surface area contributed by atoms with Crippen molar-refractivity contribution in [3.8, 4) is 0 Å². The summed E-state index contributed by atoms with van der Waals surface area (Å²) in [5, 5.41) is 2.50. The molecule has 0 radical (unpaired) electrons. The van der Waals surface area contributed by atoms with Crippen molar-refractivity contribution in [1.29, 1.82) is 0 Å². The summed E-state index contributed by atoms with van der Waals surface area (Å²) in [6.45, 7) is 3.09. The molecule has 1 atom stereocenters. The van der Waals surface area contributed by atoms with Crippen LogP contribution in [0.25, 0.3) is 0 Å². The number of halogens is 1. The molecule has 114 valence electrons. The third kappa shape index (κ3) is 5.04. The van der Waals surface area contributed by atoms with Gasteiger partial charge in [-0.05, 0) is 19.9 Å². The molecule has 1 unspecified atom stereocenters. The maximum Gasteiger partial charge on any atom is 0.262 e. The Labute approximate surface area is 126 Å². The minimum absolute atomic E-state index is 0.106. The van der Waals surface area contributed by atoms with Gasteiger partial charge in [-0.2, -0.15) is 0 Å². The lowest BCUT2D eigenvalue weighted by Gasteiger charge is -2.11. The molecule has 10 heteroatoms. The molecule has 0 aliphatic carbocycles. The Morgan fingerprint density at radius 1 is 1.40 bits per heavy atom.